The lowest BCUT2D eigenvalue weighted by Crippen LogP contribution is -2.48. The third-order valence-corrected chi connectivity index (χ3v) is 5.18. The maximum atomic E-state index is 13.3. The molecule has 0 bridgehead atoms. The van der Waals surface area contributed by atoms with Crippen LogP contribution in [0.25, 0.3) is 5.69 Å². The summed E-state index contributed by atoms with van der Waals surface area (Å²) in [5, 5.41) is 7.63. The van der Waals surface area contributed by atoms with Crippen LogP contribution in [0.3, 0.4) is 0 Å². The molecule has 0 spiro atoms. The Morgan fingerprint density at radius 1 is 1.07 bits per heavy atom. The molecular formula is C20H16BrClN4O3. The van der Waals surface area contributed by atoms with E-state index in [0.717, 1.165) is 4.47 Å². The molecule has 9 heteroatoms. The van der Waals surface area contributed by atoms with Crippen molar-refractivity contribution in [1.29, 1.82) is 0 Å². The molecule has 29 heavy (non-hydrogen) atoms. The highest BCUT2D eigenvalue weighted by Gasteiger charge is 2.24. The number of nitrogens with one attached hydrogen (secondary N) is 1. The summed E-state index contributed by atoms with van der Waals surface area (Å²) in [6.07, 6.45) is 1.54. The number of rotatable bonds is 4. The monoisotopic (exact) mass is 474 g/mol. The fraction of sp³-hybridized carbons (Fsp3) is 0.150. The number of benzene rings is 2. The molecule has 7 nitrogen and oxygen atoms in total. The summed E-state index contributed by atoms with van der Waals surface area (Å²) in [4.78, 5) is 26.9. The maximum absolute atomic E-state index is 13.3. The van der Waals surface area contributed by atoms with Gasteiger partial charge in [0.25, 0.3) is 0 Å². The van der Waals surface area contributed by atoms with Crippen LogP contribution in [0.4, 0.5) is 5.69 Å². The van der Waals surface area contributed by atoms with Gasteiger partial charge in [-0.1, -0.05) is 27.5 Å². The Morgan fingerprint density at radius 3 is 2.48 bits per heavy atom. The van der Waals surface area contributed by atoms with E-state index >= 15 is 0 Å². The predicted molar refractivity (Wildman–Crippen MR) is 114 cm³/mol. The van der Waals surface area contributed by atoms with E-state index in [2.05, 4.69) is 26.3 Å². The second-order valence-electron chi connectivity index (χ2n) is 6.38. The van der Waals surface area contributed by atoms with Crippen molar-refractivity contribution < 1.29 is 9.53 Å². The summed E-state index contributed by atoms with van der Waals surface area (Å²) in [5.41, 5.74) is 0.597. The van der Waals surface area contributed by atoms with Gasteiger partial charge in [0.2, 0.25) is 11.7 Å². The first kappa shape index (κ1) is 19.5. The second-order valence-corrected chi connectivity index (χ2v) is 7.73. The van der Waals surface area contributed by atoms with Crippen LogP contribution in [-0.4, -0.2) is 35.3 Å². The van der Waals surface area contributed by atoms with Gasteiger partial charge in [-0.15, -0.1) is 0 Å². The summed E-state index contributed by atoms with van der Waals surface area (Å²) >= 11 is 9.33. The maximum Gasteiger partial charge on any atom is 0.316 e. The first-order valence-corrected chi connectivity index (χ1v) is 10.0. The lowest BCUT2D eigenvalue weighted by atomic mass is 10.2. The molecule has 3 aromatic rings. The lowest BCUT2D eigenvalue weighted by molar-refractivity contribution is -0.120. The fourth-order valence-electron chi connectivity index (χ4n) is 2.98. The van der Waals surface area contributed by atoms with Gasteiger partial charge >= 0.3 is 5.56 Å². The molecule has 0 unspecified atom stereocenters. The SMILES string of the molecule is O=C1CN(c2cnn(-c3ccc(Cl)cc3)c(=O)c2Oc2ccc(Br)cc2)CCN1. The Hall–Kier alpha value is -2.84. The smallest absolute Gasteiger partial charge is 0.316 e. The van der Waals surface area contributed by atoms with Crippen molar-refractivity contribution in [3.8, 4) is 17.2 Å². The standard InChI is InChI=1S/C20H16BrClN4O3/c21-13-1-7-16(8-2-13)29-19-17(25-10-9-23-18(27)12-25)11-24-26(20(19)28)15-5-3-14(22)4-6-15/h1-8,11H,9-10,12H2,(H,23,27). The normalized spacial score (nSPS) is 13.9. The molecule has 2 aromatic carbocycles. The van der Waals surface area contributed by atoms with E-state index in [1.807, 2.05) is 12.1 Å². The van der Waals surface area contributed by atoms with Crippen molar-refractivity contribution in [1.82, 2.24) is 15.1 Å². The zero-order chi connectivity index (χ0) is 20.4. The highest BCUT2D eigenvalue weighted by molar-refractivity contribution is 9.10. The van der Waals surface area contributed by atoms with Gasteiger partial charge in [0.1, 0.15) is 11.4 Å². The van der Waals surface area contributed by atoms with Gasteiger partial charge in [0.05, 0.1) is 18.4 Å². The first-order chi connectivity index (χ1) is 14.0. The largest absolute Gasteiger partial charge is 0.449 e. The Labute approximate surface area is 180 Å². The van der Waals surface area contributed by atoms with Crippen LogP contribution >= 0.6 is 27.5 Å². The number of ether oxygens (including phenoxy) is 1. The molecule has 1 fully saturated rings. The van der Waals surface area contributed by atoms with E-state index in [0.29, 0.717) is 35.2 Å². The highest BCUT2D eigenvalue weighted by Crippen LogP contribution is 2.30. The van der Waals surface area contributed by atoms with Crippen molar-refractivity contribution in [2.75, 3.05) is 24.5 Å². The minimum atomic E-state index is -0.432. The number of anilines is 1. The van der Waals surface area contributed by atoms with Gasteiger partial charge in [0, 0.05) is 22.6 Å². The molecule has 1 saturated heterocycles. The number of hydrogen-bond acceptors (Lipinski definition) is 5. The van der Waals surface area contributed by atoms with Crippen molar-refractivity contribution in [2.24, 2.45) is 0 Å². The van der Waals surface area contributed by atoms with Crippen LogP contribution < -0.4 is 20.5 Å². The highest BCUT2D eigenvalue weighted by atomic mass is 79.9. The van der Waals surface area contributed by atoms with Crippen LogP contribution in [0.5, 0.6) is 11.5 Å². The fourth-order valence-corrected chi connectivity index (χ4v) is 3.37. The molecule has 4 rings (SSSR count). The minimum Gasteiger partial charge on any atom is -0.449 e. The molecule has 2 heterocycles. The van der Waals surface area contributed by atoms with Crippen LogP contribution in [0, 0.1) is 0 Å². The van der Waals surface area contributed by atoms with Gasteiger partial charge < -0.3 is 15.0 Å². The summed E-state index contributed by atoms with van der Waals surface area (Å²) in [7, 11) is 0. The van der Waals surface area contributed by atoms with E-state index in [1.54, 1.807) is 47.5 Å². The van der Waals surface area contributed by atoms with Crippen LogP contribution in [0.2, 0.25) is 5.02 Å². The van der Waals surface area contributed by atoms with Gasteiger partial charge in [-0.25, -0.2) is 0 Å². The van der Waals surface area contributed by atoms with Gasteiger partial charge in [0.15, 0.2) is 0 Å². The molecular weight excluding hydrogens is 460 g/mol. The Bertz CT molecular complexity index is 1100. The number of hydrogen-bond donors (Lipinski definition) is 1. The quantitative estimate of drug-likeness (QED) is 0.626. The molecule has 0 atom stereocenters. The number of piperazine rings is 1. The van der Waals surface area contributed by atoms with E-state index in [4.69, 9.17) is 16.3 Å². The van der Waals surface area contributed by atoms with Crippen LogP contribution in [-0.2, 0) is 4.79 Å². The van der Waals surface area contributed by atoms with Crippen LogP contribution in [0.1, 0.15) is 0 Å². The molecule has 1 amide bonds. The van der Waals surface area contributed by atoms with Gasteiger partial charge in [-0.2, -0.15) is 9.78 Å². The molecule has 1 N–H and O–H groups in total. The molecule has 1 aromatic heterocycles. The molecule has 0 saturated carbocycles. The number of carbonyl (C=O) groups excluding carboxylic acids is 1. The Morgan fingerprint density at radius 2 is 1.79 bits per heavy atom. The summed E-state index contributed by atoms with van der Waals surface area (Å²) in [5.74, 6) is 0.488. The number of aromatic nitrogens is 2. The zero-order valence-corrected chi connectivity index (χ0v) is 17.5. The molecule has 148 valence electrons. The lowest BCUT2D eigenvalue weighted by Gasteiger charge is -2.29. The van der Waals surface area contributed by atoms with Crippen molar-refractivity contribution in [3.05, 3.63) is 74.6 Å². The van der Waals surface area contributed by atoms with Crippen LogP contribution in [0.15, 0.2) is 64.0 Å². The third kappa shape index (κ3) is 4.28. The molecule has 1 aliphatic rings. The number of nitrogens with zero attached hydrogens (tertiary/aromatic N) is 3. The van der Waals surface area contributed by atoms with Gasteiger partial charge in [-0.3, -0.25) is 9.59 Å². The van der Waals surface area contributed by atoms with Crippen molar-refractivity contribution in [3.63, 3.8) is 0 Å². The average molecular weight is 476 g/mol. The number of amides is 1. The van der Waals surface area contributed by atoms with Crippen molar-refractivity contribution >= 4 is 39.1 Å². The van der Waals surface area contributed by atoms with E-state index in [9.17, 15) is 9.59 Å². The second kappa shape index (κ2) is 8.26. The minimum absolute atomic E-state index is 0.104. The Kier molecular flexibility index (Phi) is 5.55. The summed E-state index contributed by atoms with van der Waals surface area (Å²) < 4.78 is 8.12. The summed E-state index contributed by atoms with van der Waals surface area (Å²) in [6, 6.07) is 13.9. The molecule has 1 aliphatic heterocycles. The predicted octanol–water partition coefficient (Wildman–Crippen LogP) is 3.38. The molecule has 0 radical (unpaired) electrons. The Balaban J connectivity index is 1.81. The van der Waals surface area contributed by atoms with E-state index < -0.39 is 5.56 Å². The van der Waals surface area contributed by atoms with Gasteiger partial charge in [-0.05, 0) is 48.5 Å². The summed E-state index contributed by atoms with van der Waals surface area (Å²) in [6.45, 7) is 1.16. The van der Waals surface area contributed by atoms with E-state index in [1.165, 1.54) is 4.68 Å². The van der Waals surface area contributed by atoms with E-state index in [-0.39, 0.29) is 18.2 Å². The zero-order valence-electron chi connectivity index (χ0n) is 15.1. The topological polar surface area (TPSA) is 76.5 Å². The number of carbonyl (C=O) groups is 1. The van der Waals surface area contributed by atoms with Crippen molar-refractivity contribution in [2.45, 2.75) is 0 Å². The third-order valence-electron chi connectivity index (χ3n) is 4.40. The number of halogens is 2. The average Bonchev–Trinajstić information content (AvgIpc) is 2.72. The first-order valence-electron chi connectivity index (χ1n) is 8.84. The molecule has 0 aliphatic carbocycles.